The maximum Gasteiger partial charge on any atom is 0.352 e. The fourth-order valence-electron chi connectivity index (χ4n) is 2.73. The minimum atomic E-state index is -0.607. The molecule has 0 radical (unpaired) electrons. The van der Waals surface area contributed by atoms with Crippen molar-refractivity contribution in [1.82, 2.24) is 19.9 Å². The summed E-state index contributed by atoms with van der Waals surface area (Å²) in [5.74, 6) is 0.385. The maximum atomic E-state index is 11.0. The Morgan fingerprint density at radius 1 is 0.844 bits per heavy atom. The highest BCUT2D eigenvalue weighted by Gasteiger charge is 2.24. The smallest absolute Gasteiger partial charge is 0.352 e. The standard InChI is InChI=1S/C12H20N4O3.C6H6ClN3O3/c1-5-7-15(8-6-2)12-13-9(3)10(16(17)18)11(14-12)19-4;1-3-4(10(11)12)5(13-2)9-6(7)8-3/h5-8H2,1-4H3;1-2H3. The van der Waals surface area contributed by atoms with Gasteiger partial charge in [-0.15, -0.1) is 0 Å². The number of hydrogen-bond donors (Lipinski definition) is 0. The molecule has 2 rings (SSSR count). The molecule has 0 aliphatic heterocycles. The van der Waals surface area contributed by atoms with Gasteiger partial charge < -0.3 is 14.4 Å². The van der Waals surface area contributed by atoms with Gasteiger partial charge in [-0.05, 0) is 38.3 Å². The van der Waals surface area contributed by atoms with Crippen molar-refractivity contribution in [3.63, 3.8) is 0 Å². The van der Waals surface area contributed by atoms with Crippen LogP contribution < -0.4 is 14.4 Å². The fraction of sp³-hybridized carbons (Fsp3) is 0.556. The molecule has 14 heteroatoms. The highest BCUT2D eigenvalue weighted by atomic mass is 35.5. The molecule has 176 valence electrons. The summed E-state index contributed by atoms with van der Waals surface area (Å²) in [6, 6.07) is 0. The van der Waals surface area contributed by atoms with Crippen LogP contribution in [0.5, 0.6) is 11.8 Å². The summed E-state index contributed by atoms with van der Waals surface area (Å²) >= 11 is 5.48. The van der Waals surface area contributed by atoms with Gasteiger partial charge >= 0.3 is 11.4 Å². The van der Waals surface area contributed by atoms with Crippen molar-refractivity contribution in [2.24, 2.45) is 0 Å². The molecule has 0 fully saturated rings. The van der Waals surface area contributed by atoms with Gasteiger partial charge in [0.15, 0.2) is 0 Å². The first-order chi connectivity index (χ1) is 15.1. The van der Waals surface area contributed by atoms with Crippen molar-refractivity contribution >= 4 is 28.9 Å². The van der Waals surface area contributed by atoms with E-state index in [-0.39, 0.29) is 34.1 Å². The quantitative estimate of drug-likeness (QED) is 0.298. The summed E-state index contributed by atoms with van der Waals surface area (Å²) < 4.78 is 9.71. The molecule has 0 atom stereocenters. The van der Waals surface area contributed by atoms with Gasteiger partial charge in [0.2, 0.25) is 11.2 Å². The largest absolute Gasteiger partial charge is 0.476 e. The summed E-state index contributed by atoms with van der Waals surface area (Å²) in [5, 5.41) is 21.4. The lowest BCUT2D eigenvalue weighted by atomic mass is 10.3. The molecule has 32 heavy (non-hydrogen) atoms. The number of methoxy groups -OCH3 is 2. The number of rotatable bonds is 9. The molecule has 2 aromatic rings. The average molecular weight is 472 g/mol. The molecule has 0 aliphatic rings. The van der Waals surface area contributed by atoms with E-state index in [0.29, 0.717) is 11.6 Å². The van der Waals surface area contributed by atoms with Crippen molar-refractivity contribution in [2.45, 2.75) is 40.5 Å². The van der Waals surface area contributed by atoms with Gasteiger partial charge in [-0.1, -0.05) is 13.8 Å². The molecule has 0 aromatic carbocycles. The van der Waals surface area contributed by atoms with Crippen molar-refractivity contribution in [3.05, 3.63) is 36.9 Å². The predicted octanol–water partition coefficient (Wildman–Crippen LogP) is 3.68. The Morgan fingerprint density at radius 3 is 1.69 bits per heavy atom. The van der Waals surface area contributed by atoms with Crippen LogP contribution in [0.25, 0.3) is 0 Å². The van der Waals surface area contributed by atoms with E-state index in [9.17, 15) is 20.2 Å². The molecule has 0 saturated carbocycles. The van der Waals surface area contributed by atoms with E-state index in [1.54, 1.807) is 6.92 Å². The Labute approximate surface area is 190 Å². The van der Waals surface area contributed by atoms with E-state index < -0.39 is 9.85 Å². The van der Waals surface area contributed by atoms with Crippen LogP contribution in [0.1, 0.15) is 38.1 Å². The highest BCUT2D eigenvalue weighted by Crippen LogP contribution is 2.29. The first-order valence-corrected chi connectivity index (χ1v) is 10.0. The van der Waals surface area contributed by atoms with E-state index in [0.717, 1.165) is 25.9 Å². The molecular weight excluding hydrogens is 446 g/mol. The Hall–Kier alpha value is -3.35. The summed E-state index contributed by atoms with van der Waals surface area (Å²) in [7, 11) is 2.66. The Kier molecular flexibility index (Phi) is 10.4. The van der Waals surface area contributed by atoms with Crippen molar-refractivity contribution in [2.75, 3.05) is 32.2 Å². The molecule has 0 saturated heterocycles. The Morgan fingerprint density at radius 2 is 1.28 bits per heavy atom. The molecule has 13 nitrogen and oxygen atoms in total. The molecule has 0 unspecified atom stereocenters. The molecule has 0 N–H and O–H groups in total. The SMILES string of the molecule is CCCN(CCC)c1nc(C)c([N+](=O)[O-])c(OC)n1.COc1nc(Cl)nc(C)c1[N+](=O)[O-]. The summed E-state index contributed by atoms with van der Waals surface area (Å²) in [6.07, 6.45) is 1.92. The Balaban J connectivity index is 0.000000343. The van der Waals surface area contributed by atoms with Crippen LogP contribution >= 0.6 is 11.6 Å². The minimum absolute atomic E-state index is 0.0182. The average Bonchev–Trinajstić information content (AvgIpc) is 2.72. The van der Waals surface area contributed by atoms with E-state index in [1.807, 2.05) is 4.90 Å². The first-order valence-electron chi connectivity index (χ1n) is 9.65. The number of nitro groups is 2. The van der Waals surface area contributed by atoms with Crippen LogP contribution in [0.4, 0.5) is 17.3 Å². The van der Waals surface area contributed by atoms with Gasteiger partial charge in [0.1, 0.15) is 11.4 Å². The topological polar surface area (TPSA) is 160 Å². The zero-order valence-electron chi connectivity index (χ0n) is 18.8. The van der Waals surface area contributed by atoms with Crippen molar-refractivity contribution in [1.29, 1.82) is 0 Å². The molecule has 0 aliphatic carbocycles. The van der Waals surface area contributed by atoms with Gasteiger partial charge in [0.05, 0.1) is 24.1 Å². The van der Waals surface area contributed by atoms with Crippen LogP contribution in [0.2, 0.25) is 5.28 Å². The van der Waals surface area contributed by atoms with Crippen LogP contribution in [0.15, 0.2) is 0 Å². The van der Waals surface area contributed by atoms with Gasteiger partial charge in [-0.25, -0.2) is 9.97 Å². The lowest BCUT2D eigenvalue weighted by molar-refractivity contribution is -0.387. The summed E-state index contributed by atoms with van der Waals surface area (Å²) in [6.45, 7) is 8.83. The highest BCUT2D eigenvalue weighted by molar-refractivity contribution is 6.28. The number of ether oxygens (including phenoxy) is 2. The second kappa shape index (κ2) is 12.5. The van der Waals surface area contributed by atoms with E-state index in [1.165, 1.54) is 21.1 Å². The van der Waals surface area contributed by atoms with Gasteiger partial charge in [-0.3, -0.25) is 20.2 Å². The molecule has 0 spiro atoms. The lowest BCUT2D eigenvalue weighted by Crippen LogP contribution is -2.27. The monoisotopic (exact) mass is 471 g/mol. The second-order valence-corrected chi connectivity index (χ2v) is 6.74. The van der Waals surface area contributed by atoms with Crippen LogP contribution in [-0.4, -0.2) is 57.1 Å². The number of aryl methyl sites for hydroxylation is 2. The van der Waals surface area contributed by atoms with Crippen LogP contribution in [-0.2, 0) is 0 Å². The Bertz CT molecular complexity index is 954. The third-order valence-electron chi connectivity index (χ3n) is 4.04. The zero-order valence-corrected chi connectivity index (χ0v) is 19.5. The van der Waals surface area contributed by atoms with E-state index >= 15 is 0 Å². The van der Waals surface area contributed by atoms with E-state index in [4.69, 9.17) is 21.1 Å². The number of halogens is 1. The number of nitrogens with zero attached hydrogens (tertiary/aromatic N) is 7. The molecule has 0 bridgehead atoms. The summed E-state index contributed by atoms with van der Waals surface area (Å²) in [5.41, 5.74) is 0.0806. The predicted molar refractivity (Wildman–Crippen MR) is 118 cm³/mol. The fourth-order valence-corrected chi connectivity index (χ4v) is 2.94. The first kappa shape index (κ1) is 26.7. The molecule has 2 aromatic heterocycles. The third-order valence-corrected chi connectivity index (χ3v) is 4.20. The van der Waals surface area contributed by atoms with Gasteiger partial charge in [-0.2, -0.15) is 9.97 Å². The van der Waals surface area contributed by atoms with Crippen molar-refractivity contribution < 1.29 is 19.3 Å². The maximum absolute atomic E-state index is 11.0. The third kappa shape index (κ3) is 6.83. The molecule has 2 heterocycles. The number of aromatic nitrogens is 4. The van der Waals surface area contributed by atoms with E-state index in [2.05, 4.69) is 33.8 Å². The molecule has 0 amide bonds. The normalized spacial score (nSPS) is 10.1. The number of hydrogen-bond acceptors (Lipinski definition) is 11. The minimum Gasteiger partial charge on any atom is -0.476 e. The zero-order chi connectivity index (χ0) is 24.4. The van der Waals surface area contributed by atoms with Gasteiger partial charge in [0.25, 0.3) is 11.8 Å². The lowest BCUT2D eigenvalue weighted by Gasteiger charge is -2.21. The molecular formula is C18H26ClN7O6. The second-order valence-electron chi connectivity index (χ2n) is 6.40. The van der Waals surface area contributed by atoms with Crippen LogP contribution in [0, 0.1) is 34.1 Å². The number of anilines is 1. The van der Waals surface area contributed by atoms with Gasteiger partial charge in [0, 0.05) is 13.1 Å². The summed E-state index contributed by atoms with van der Waals surface area (Å²) in [4.78, 5) is 38.0. The van der Waals surface area contributed by atoms with Crippen LogP contribution in [0.3, 0.4) is 0 Å². The van der Waals surface area contributed by atoms with Crippen molar-refractivity contribution in [3.8, 4) is 11.8 Å².